The highest BCUT2D eigenvalue weighted by molar-refractivity contribution is 6.14. The van der Waals surface area contributed by atoms with Crippen molar-refractivity contribution in [3.63, 3.8) is 0 Å². The van der Waals surface area contributed by atoms with Crippen LogP contribution in [0.3, 0.4) is 0 Å². The third-order valence-corrected chi connectivity index (χ3v) is 14.9. The zero-order valence-electron chi connectivity index (χ0n) is 36.9. The molecule has 1 spiro atoms. The monoisotopic (exact) mass is 861 g/mol. The van der Waals surface area contributed by atoms with Gasteiger partial charge in [-0.1, -0.05) is 182 Å². The van der Waals surface area contributed by atoms with Crippen molar-refractivity contribution >= 4 is 54.3 Å². The number of para-hydroxylation sites is 1. The van der Waals surface area contributed by atoms with Crippen molar-refractivity contribution < 1.29 is 0 Å². The molecule has 15 rings (SSSR count). The van der Waals surface area contributed by atoms with Crippen molar-refractivity contribution in [2.24, 2.45) is 0 Å². The Balaban J connectivity index is 1.05. The van der Waals surface area contributed by atoms with Crippen molar-refractivity contribution in [1.82, 2.24) is 14.5 Å². The van der Waals surface area contributed by atoms with Gasteiger partial charge in [-0.15, -0.1) is 0 Å². The van der Waals surface area contributed by atoms with Gasteiger partial charge in [-0.3, -0.25) is 0 Å². The van der Waals surface area contributed by atoms with Gasteiger partial charge in [0.2, 0.25) is 0 Å². The van der Waals surface area contributed by atoms with Gasteiger partial charge in [0.1, 0.15) is 0 Å². The lowest BCUT2D eigenvalue weighted by atomic mass is 9.70. The van der Waals surface area contributed by atoms with Crippen LogP contribution in [0.25, 0.3) is 116 Å². The second kappa shape index (κ2) is 14.0. The van der Waals surface area contributed by atoms with Crippen LogP contribution >= 0.6 is 0 Å². The molecule has 13 aromatic rings. The lowest BCUT2D eigenvalue weighted by Gasteiger charge is -2.30. The highest BCUT2D eigenvalue weighted by atomic mass is 15.0. The van der Waals surface area contributed by atoms with Crippen molar-refractivity contribution in [1.29, 1.82) is 0 Å². The van der Waals surface area contributed by atoms with E-state index in [0.717, 1.165) is 66.3 Å². The second-order valence-electron chi connectivity index (χ2n) is 18.4. The molecule has 314 valence electrons. The Labute approximate surface area is 392 Å². The Kier molecular flexibility index (Phi) is 7.71. The molecule has 2 aliphatic carbocycles. The summed E-state index contributed by atoms with van der Waals surface area (Å²) in [7, 11) is 0. The first-order valence-electron chi connectivity index (χ1n) is 23.5. The van der Waals surface area contributed by atoms with Gasteiger partial charge in [0, 0.05) is 38.4 Å². The number of hydrogen-bond donors (Lipinski definition) is 0. The van der Waals surface area contributed by atoms with Crippen LogP contribution in [-0.4, -0.2) is 14.5 Å². The predicted molar refractivity (Wildman–Crippen MR) is 281 cm³/mol. The Bertz CT molecular complexity index is 4210. The molecular weight excluding hydrogens is 823 g/mol. The van der Waals surface area contributed by atoms with E-state index in [2.05, 4.69) is 241 Å². The number of aromatic nitrogens is 3. The normalized spacial score (nSPS) is 13.1. The molecule has 0 saturated carbocycles. The lowest BCUT2D eigenvalue weighted by Crippen LogP contribution is -2.25. The summed E-state index contributed by atoms with van der Waals surface area (Å²) < 4.78 is 2.50. The molecule has 3 heteroatoms. The van der Waals surface area contributed by atoms with Gasteiger partial charge < -0.3 is 4.57 Å². The van der Waals surface area contributed by atoms with Crippen molar-refractivity contribution in [3.05, 3.63) is 259 Å². The zero-order chi connectivity index (χ0) is 44.5. The highest BCUT2D eigenvalue weighted by Crippen LogP contribution is 2.64. The molecule has 0 unspecified atom stereocenters. The molecule has 2 aromatic heterocycles. The largest absolute Gasteiger partial charge is 0.309 e. The van der Waals surface area contributed by atoms with Crippen LogP contribution in [0.4, 0.5) is 0 Å². The maximum atomic E-state index is 5.51. The van der Waals surface area contributed by atoms with E-state index in [1.54, 1.807) is 0 Å². The van der Waals surface area contributed by atoms with Gasteiger partial charge in [-0.05, 0) is 126 Å². The van der Waals surface area contributed by atoms with E-state index in [9.17, 15) is 0 Å². The number of nitrogens with zero attached hydrogens (tertiary/aromatic N) is 3. The second-order valence-corrected chi connectivity index (χ2v) is 18.4. The van der Waals surface area contributed by atoms with Gasteiger partial charge in [-0.25, -0.2) is 9.97 Å². The van der Waals surface area contributed by atoms with Crippen LogP contribution in [-0.2, 0) is 5.41 Å². The Morgan fingerprint density at radius 2 is 0.897 bits per heavy atom. The molecule has 68 heavy (non-hydrogen) atoms. The van der Waals surface area contributed by atoms with Gasteiger partial charge in [0.15, 0.2) is 5.82 Å². The SMILES string of the molecule is c1ccc(-c2cc(-c3nc(-c4ccccc4)c4ccc5ccccc5c4n3)cc(-n3c4ccccc4c4cc5c(cc43)C3(c4ccccc4-c4ccccc43)c3cc4ccccc4cc3-5)c2)cc1. The number of fused-ring (bicyclic) bond motifs is 17. The topological polar surface area (TPSA) is 30.7 Å². The van der Waals surface area contributed by atoms with Crippen LogP contribution in [0, 0.1) is 0 Å². The fourth-order valence-corrected chi connectivity index (χ4v) is 12.0. The zero-order valence-corrected chi connectivity index (χ0v) is 36.9. The minimum Gasteiger partial charge on any atom is -0.309 e. The number of rotatable bonds is 4. The van der Waals surface area contributed by atoms with E-state index in [-0.39, 0.29) is 0 Å². The molecule has 11 aromatic carbocycles. The molecule has 2 aliphatic rings. The summed E-state index contributed by atoms with van der Waals surface area (Å²) in [6, 6.07) is 87.0. The average molecular weight is 862 g/mol. The quantitative estimate of drug-likeness (QED) is 0.165. The highest BCUT2D eigenvalue weighted by Gasteiger charge is 2.52. The summed E-state index contributed by atoms with van der Waals surface area (Å²) >= 11 is 0. The molecule has 0 aliphatic heterocycles. The van der Waals surface area contributed by atoms with Crippen LogP contribution in [0.15, 0.2) is 237 Å². The summed E-state index contributed by atoms with van der Waals surface area (Å²) in [5.41, 5.74) is 19.5. The maximum Gasteiger partial charge on any atom is 0.160 e. The molecule has 0 bridgehead atoms. The predicted octanol–water partition coefficient (Wildman–Crippen LogP) is 16.4. The molecule has 0 amide bonds. The molecule has 0 fully saturated rings. The van der Waals surface area contributed by atoms with Crippen LogP contribution < -0.4 is 0 Å². The smallest absolute Gasteiger partial charge is 0.160 e. The number of benzene rings is 11. The third-order valence-electron chi connectivity index (χ3n) is 14.9. The van der Waals surface area contributed by atoms with E-state index < -0.39 is 5.41 Å². The average Bonchev–Trinajstić information content (AvgIpc) is 4.00. The molecule has 0 saturated heterocycles. The first-order chi connectivity index (χ1) is 33.7. The first-order valence-corrected chi connectivity index (χ1v) is 23.5. The number of hydrogen-bond acceptors (Lipinski definition) is 2. The molecular formula is C65H39N3. The van der Waals surface area contributed by atoms with Gasteiger partial charge in [0.05, 0.1) is 27.7 Å². The van der Waals surface area contributed by atoms with Gasteiger partial charge in [-0.2, -0.15) is 0 Å². The summed E-state index contributed by atoms with van der Waals surface area (Å²) in [4.78, 5) is 11.0. The lowest BCUT2D eigenvalue weighted by molar-refractivity contribution is 0.795. The third kappa shape index (κ3) is 5.13. The van der Waals surface area contributed by atoms with E-state index in [1.165, 1.54) is 66.1 Å². The van der Waals surface area contributed by atoms with E-state index in [4.69, 9.17) is 9.97 Å². The summed E-state index contributed by atoms with van der Waals surface area (Å²) in [5, 5.41) is 8.24. The Morgan fingerprint density at radius 1 is 0.309 bits per heavy atom. The van der Waals surface area contributed by atoms with Crippen LogP contribution in [0.1, 0.15) is 22.3 Å². The van der Waals surface area contributed by atoms with Gasteiger partial charge >= 0.3 is 0 Å². The standard InChI is InChI=1S/C65H39N3/c1-3-17-40(18-4-1)45-33-46(64-66-62(42-20-5-2-6-21-42)52-32-31-41-19-9-10-24-48(41)63(52)67-64)35-47(34-45)68-60-30-16-13-27-51(60)55-38-54-53-36-43-22-7-8-23-44(43)37-58(53)65(59(54)39-61(55)68)56-28-14-11-25-49(56)50-26-12-15-29-57(50)65/h1-39H. The van der Waals surface area contributed by atoms with Crippen LogP contribution in [0.5, 0.6) is 0 Å². The molecule has 2 heterocycles. The Hall–Kier alpha value is -8.92. The van der Waals surface area contributed by atoms with E-state index >= 15 is 0 Å². The fraction of sp³-hybridized carbons (Fsp3) is 0.0154. The molecule has 0 radical (unpaired) electrons. The van der Waals surface area contributed by atoms with Gasteiger partial charge in [0.25, 0.3) is 0 Å². The van der Waals surface area contributed by atoms with E-state index in [0.29, 0.717) is 5.82 Å². The maximum absolute atomic E-state index is 5.51. The van der Waals surface area contributed by atoms with E-state index in [1.807, 2.05) is 0 Å². The van der Waals surface area contributed by atoms with Crippen molar-refractivity contribution in [3.8, 4) is 61.7 Å². The molecule has 3 nitrogen and oxygen atoms in total. The minimum atomic E-state index is -0.510. The Morgan fingerprint density at radius 3 is 1.66 bits per heavy atom. The molecule has 0 atom stereocenters. The fourth-order valence-electron chi connectivity index (χ4n) is 12.0. The van der Waals surface area contributed by atoms with Crippen molar-refractivity contribution in [2.75, 3.05) is 0 Å². The summed E-state index contributed by atoms with van der Waals surface area (Å²) in [6.07, 6.45) is 0. The minimum absolute atomic E-state index is 0.510. The van der Waals surface area contributed by atoms with Crippen molar-refractivity contribution in [2.45, 2.75) is 5.41 Å². The molecule has 0 N–H and O–H groups in total. The summed E-state index contributed by atoms with van der Waals surface area (Å²) in [5.74, 6) is 0.689. The summed E-state index contributed by atoms with van der Waals surface area (Å²) in [6.45, 7) is 0. The first kappa shape index (κ1) is 37.3. The van der Waals surface area contributed by atoms with Crippen LogP contribution in [0.2, 0.25) is 0 Å².